The summed E-state index contributed by atoms with van der Waals surface area (Å²) in [6, 6.07) is 12.2. The van der Waals surface area contributed by atoms with Crippen molar-refractivity contribution in [2.24, 2.45) is 17.8 Å². The molecule has 0 bridgehead atoms. The summed E-state index contributed by atoms with van der Waals surface area (Å²) >= 11 is 0. The largest absolute Gasteiger partial charge is 0.462 e. The number of esters is 2. The summed E-state index contributed by atoms with van der Waals surface area (Å²) < 4.78 is 10.3. The molecule has 2 aromatic carbocycles. The van der Waals surface area contributed by atoms with Gasteiger partial charge in [-0.25, -0.2) is 9.59 Å². The summed E-state index contributed by atoms with van der Waals surface area (Å²) in [6.07, 6.45) is 4.86. The van der Waals surface area contributed by atoms with E-state index in [1.165, 1.54) is 24.3 Å². The fourth-order valence-electron chi connectivity index (χ4n) is 4.25. The van der Waals surface area contributed by atoms with Crippen LogP contribution in [0, 0.1) is 17.8 Å². The second-order valence-corrected chi connectivity index (χ2v) is 9.41. The SMILES string of the molecule is CC(C)COC(=O)c1ccc(NC(=O)COC(=O)c2cccc(N3C(=O)[C@H]4CC=CC[C@@H]4C3=O)c2)cc1. The molecule has 1 aliphatic heterocycles. The number of amides is 3. The quantitative estimate of drug-likeness (QED) is 0.330. The molecule has 0 saturated carbocycles. The highest BCUT2D eigenvalue weighted by Crippen LogP contribution is 2.37. The number of benzene rings is 2. The molecule has 37 heavy (non-hydrogen) atoms. The van der Waals surface area contributed by atoms with E-state index in [-0.39, 0.29) is 35.1 Å². The maximum Gasteiger partial charge on any atom is 0.338 e. The summed E-state index contributed by atoms with van der Waals surface area (Å²) in [5.74, 6) is -2.87. The Bertz CT molecular complexity index is 1220. The number of carbonyl (C=O) groups excluding carboxylic acids is 5. The molecule has 192 valence electrons. The normalized spacial score (nSPS) is 18.5. The van der Waals surface area contributed by atoms with Crippen LogP contribution in [0.3, 0.4) is 0 Å². The summed E-state index contributed by atoms with van der Waals surface area (Å²) in [5.41, 5.74) is 1.19. The van der Waals surface area contributed by atoms with E-state index in [0.29, 0.717) is 36.4 Å². The number of carbonyl (C=O) groups is 5. The Labute approximate surface area is 214 Å². The maximum atomic E-state index is 12.8. The van der Waals surface area contributed by atoms with Crippen molar-refractivity contribution < 1.29 is 33.4 Å². The highest BCUT2D eigenvalue weighted by molar-refractivity contribution is 6.22. The Balaban J connectivity index is 1.32. The van der Waals surface area contributed by atoms with E-state index < -0.39 is 24.5 Å². The second kappa shape index (κ2) is 11.2. The van der Waals surface area contributed by atoms with Crippen molar-refractivity contribution in [1.82, 2.24) is 0 Å². The van der Waals surface area contributed by atoms with E-state index in [1.807, 2.05) is 26.0 Å². The van der Waals surface area contributed by atoms with Gasteiger partial charge in [-0.2, -0.15) is 0 Å². The average molecular weight is 505 g/mol. The van der Waals surface area contributed by atoms with Crippen LogP contribution in [0.15, 0.2) is 60.7 Å². The van der Waals surface area contributed by atoms with Gasteiger partial charge in [-0.05, 0) is 61.2 Å². The molecule has 1 N–H and O–H groups in total. The van der Waals surface area contributed by atoms with Crippen LogP contribution in [0.2, 0.25) is 0 Å². The zero-order chi connectivity index (χ0) is 26.5. The number of fused-ring (bicyclic) bond motifs is 1. The number of nitrogens with one attached hydrogen (secondary N) is 1. The van der Waals surface area contributed by atoms with E-state index in [4.69, 9.17) is 9.47 Å². The first-order valence-electron chi connectivity index (χ1n) is 12.1. The van der Waals surface area contributed by atoms with Gasteiger partial charge in [0.25, 0.3) is 5.91 Å². The number of hydrogen-bond donors (Lipinski definition) is 1. The van der Waals surface area contributed by atoms with Crippen LogP contribution >= 0.6 is 0 Å². The van der Waals surface area contributed by atoms with Crippen LogP contribution in [0.4, 0.5) is 11.4 Å². The van der Waals surface area contributed by atoms with Gasteiger partial charge in [0.2, 0.25) is 11.8 Å². The molecule has 9 heteroatoms. The van der Waals surface area contributed by atoms with Crippen molar-refractivity contribution in [3.05, 3.63) is 71.8 Å². The molecule has 0 aromatic heterocycles. The van der Waals surface area contributed by atoms with Crippen molar-refractivity contribution >= 4 is 41.0 Å². The molecular weight excluding hydrogens is 476 g/mol. The van der Waals surface area contributed by atoms with E-state index in [1.54, 1.807) is 24.3 Å². The fourth-order valence-corrected chi connectivity index (χ4v) is 4.25. The summed E-state index contributed by atoms with van der Waals surface area (Å²) in [6.45, 7) is 3.65. The van der Waals surface area contributed by atoms with Gasteiger partial charge < -0.3 is 14.8 Å². The number of rotatable bonds is 8. The Kier molecular flexibility index (Phi) is 7.81. The van der Waals surface area contributed by atoms with Gasteiger partial charge >= 0.3 is 11.9 Å². The van der Waals surface area contributed by atoms with Crippen molar-refractivity contribution in [2.45, 2.75) is 26.7 Å². The van der Waals surface area contributed by atoms with Crippen molar-refractivity contribution in [3.63, 3.8) is 0 Å². The van der Waals surface area contributed by atoms with Crippen molar-refractivity contribution in [2.75, 3.05) is 23.4 Å². The molecule has 1 fully saturated rings. The standard InChI is InChI=1S/C28H28N2O7/c1-17(2)15-36-27(34)18-10-12-20(13-11-18)29-24(31)16-37-28(35)19-6-5-7-21(14-19)30-25(32)22-8-3-4-9-23(22)26(30)33/h3-7,10-14,17,22-23H,8-9,15-16H2,1-2H3,(H,29,31)/t22-,23-/m0/s1. The molecule has 2 atom stereocenters. The van der Waals surface area contributed by atoms with Crippen molar-refractivity contribution in [1.29, 1.82) is 0 Å². The molecule has 2 aliphatic rings. The smallest absolute Gasteiger partial charge is 0.338 e. The number of hydrogen-bond acceptors (Lipinski definition) is 7. The highest BCUT2D eigenvalue weighted by Gasteiger charge is 2.47. The van der Waals surface area contributed by atoms with Crippen molar-refractivity contribution in [3.8, 4) is 0 Å². The van der Waals surface area contributed by atoms with Gasteiger partial charge in [0.15, 0.2) is 6.61 Å². The third-order valence-electron chi connectivity index (χ3n) is 6.13. The molecular formula is C28H28N2O7. The van der Waals surface area contributed by atoms with Gasteiger partial charge in [-0.15, -0.1) is 0 Å². The van der Waals surface area contributed by atoms with Gasteiger partial charge in [0.05, 0.1) is 35.3 Å². The van der Waals surface area contributed by atoms with Gasteiger partial charge in [0.1, 0.15) is 0 Å². The van der Waals surface area contributed by atoms with Crippen LogP contribution < -0.4 is 10.2 Å². The van der Waals surface area contributed by atoms with E-state index in [9.17, 15) is 24.0 Å². The first-order chi connectivity index (χ1) is 17.7. The first-order valence-corrected chi connectivity index (χ1v) is 12.1. The molecule has 1 saturated heterocycles. The topological polar surface area (TPSA) is 119 Å². The molecule has 3 amide bonds. The fraction of sp³-hybridized carbons (Fsp3) is 0.321. The highest BCUT2D eigenvalue weighted by atomic mass is 16.5. The third kappa shape index (κ3) is 5.94. The van der Waals surface area contributed by atoms with Gasteiger partial charge in [-0.3, -0.25) is 19.3 Å². The first kappa shape index (κ1) is 25.8. The predicted molar refractivity (Wildman–Crippen MR) is 135 cm³/mol. The second-order valence-electron chi connectivity index (χ2n) is 9.41. The monoisotopic (exact) mass is 504 g/mol. The number of nitrogens with zero attached hydrogens (tertiary/aromatic N) is 1. The third-order valence-corrected chi connectivity index (χ3v) is 6.13. The minimum Gasteiger partial charge on any atom is -0.462 e. The lowest BCUT2D eigenvalue weighted by Crippen LogP contribution is -2.31. The van der Waals surface area contributed by atoms with Crippen LogP contribution in [-0.4, -0.2) is 42.9 Å². The summed E-state index contributed by atoms with van der Waals surface area (Å²) in [7, 11) is 0. The molecule has 1 aliphatic carbocycles. The molecule has 9 nitrogen and oxygen atoms in total. The lowest BCUT2D eigenvalue weighted by atomic mass is 9.85. The zero-order valence-electron chi connectivity index (χ0n) is 20.6. The van der Waals surface area contributed by atoms with Gasteiger partial charge in [-0.1, -0.05) is 32.1 Å². The minimum atomic E-state index is -0.765. The lowest BCUT2D eigenvalue weighted by Gasteiger charge is -2.15. The molecule has 0 unspecified atom stereocenters. The molecule has 0 radical (unpaired) electrons. The Morgan fingerprint density at radius 1 is 0.892 bits per heavy atom. The van der Waals surface area contributed by atoms with E-state index in [2.05, 4.69) is 5.32 Å². The van der Waals surface area contributed by atoms with E-state index in [0.717, 1.165) is 4.90 Å². The van der Waals surface area contributed by atoms with Crippen LogP contribution in [0.5, 0.6) is 0 Å². The average Bonchev–Trinajstić information content (AvgIpc) is 3.16. The summed E-state index contributed by atoms with van der Waals surface area (Å²) in [5, 5.41) is 2.59. The number of allylic oxidation sites excluding steroid dienone is 2. The lowest BCUT2D eigenvalue weighted by molar-refractivity contribution is -0.122. The molecule has 2 aromatic rings. The van der Waals surface area contributed by atoms with Gasteiger partial charge in [0, 0.05) is 5.69 Å². The Hall–Kier alpha value is -4.27. The van der Waals surface area contributed by atoms with Crippen LogP contribution in [0.1, 0.15) is 47.4 Å². The predicted octanol–water partition coefficient (Wildman–Crippen LogP) is 3.75. The molecule has 4 rings (SSSR count). The maximum absolute atomic E-state index is 12.8. The van der Waals surface area contributed by atoms with E-state index >= 15 is 0 Å². The summed E-state index contributed by atoms with van der Waals surface area (Å²) in [4.78, 5) is 63.6. The zero-order valence-corrected chi connectivity index (χ0v) is 20.6. The Morgan fingerprint density at radius 2 is 1.51 bits per heavy atom. The number of ether oxygens (including phenoxy) is 2. The minimum absolute atomic E-state index is 0.114. The number of anilines is 2. The Morgan fingerprint density at radius 3 is 2.14 bits per heavy atom. The van der Waals surface area contributed by atoms with Crippen LogP contribution in [0.25, 0.3) is 0 Å². The number of imide groups is 1. The van der Waals surface area contributed by atoms with Crippen LogP contribution in [-0.2, 0) is 23.9 Å². The molecule has 0 spiro atoms. The molecule has 1 heterocycles.